The van der Waals surface area contributed by atoms with Crippen molar-refractivity contribution in [3.05, 3.63) is 29.3 Å². The van der Waals surface area contributed by atoms with E-state index in [0.717, 1.165) is 5.56 Å². The maximum Gasteiger partial charge on any atom is 0.257 e. The van der Waals surface area contributed by atoms with Crippen LogP contribution >= 0.6 is 0 Å². The summed E-state index contributed by atoms with van der Waals surface area (Å²) in [6.45, 7) is 3.06. The number of hydrogen-bond donors (Lipinski definition) is 1. The molecule has 0 bridgehead atoms. The monoisotopic (exact) mass is 276 g/mol. The van der Waals surface area contributed by atoms with E-state index in [9.17, 15) is 9.59 Å². The summed E-state index contributed by atoms with van der Waals surface area (Å²) in [7, 11) is 1.56. The van der Waals surface area contributed by atoms with Crippen molar-refractivity contribution in [3.8, 4) is 5.75 Å². The van der Waals surface area contributed by atoms with Crippen LogP contribution in [0.15, 0.2) is 18.2 Å². The Morgan fingerprint density at radius 1 is 1.30 bits per heavy atom. The Bertz CT molecular complexity index is 520. The summed E-state index contributed by atoms with van der Waals surface area (Å²) in [5, 5.41) is 0. The molecule has 2 N–H and O–H groups in total. The molecular formula is C15H20N2O3. The summed E-state index contributed by atoms with van der Waals surface area (Å²) in [5.41, 5.74) is 6.89. The van der Waals surface area contributed by atoms with Crippen LogP contribution in [0, 0.1) is 12.8 Å². The van der Waals surface area contributed by atoms with Crippen LogP contribution in [0.25, 0.3) is 0 Å². The molecule has 0 radical (unpaired) electrons. The van der Waals surface area contributed by atoms with Gasteiger partial charge < -0.3 is 15.4 Å². The number of aryl methyl sites for hydroxylation is 1. The predicted octanol–water partition coefficient (Wildman–Crippen LogP) is 1.34. The van der Waals surface area contributed by atoms with E-state index in [1.165, 1.54) is 0 Å². The largest absolute Gasteiger partial charge is 0.496 e. The normalized spacial score (nSPS) is 16.0. The molecule has 1 fully saturated rings. The first-order chi connectivity index (χ1) is 9.52. The Morgan fingerprint density at radius 3 is 2.50 bits per heavy atom. The number of methoxy groups -OCH3 is 1. The average molecular weight is 276 g/mol. The van der Waals surface area contributed by atoms with E-state index in [1.54, 1.807) is 18.1 Å². The molecule has 1 aliphatic heterocycles. The number of ether oxygens (including phenoxy) is 1. The Balaban J connectivity index is 2.13. The van der Waals surface area contributed by atoms with Crippen molar-refractivity contribution in [1.82, 2.24) is 4.90 Å². The molecule has 1 heterocycles. The number of benzene rings is 1. The highest BCUT2D eigenvalue weighted by atomic mass is 16.5. The van der Waals surface area contributed by atoms with Gasteiger partial charge in [-0.05, 0) is 31.9 Å². The van der Waals surface area contributed by atoms with Gasteiger partial charge in [-0.2, -0.15) is 0 Å². The van der Waals surface area contributed by atoms with Crippen molar-refractivity contribution in [2.75, 3.05) is 20.2 Å². The Morgan fingerprint density at radius 2 is 1.95 bits per heavy atom. The van der Waals surface area contributed by atoms with E-state index in [2.05, 4.69) is 0 Å². The number of carbonyl (C=O) groups excluding carboxylic acids is 2. The van der Waals surface area contributed by atoms with E-state index >= 15 is 0 Å². The molecule has 0 aromatic heterocycles. The number of rotatable bonds is 3. The number of primary amides is 1. The third-order valence-electron chi connectivity index (χ3n) is 3.77. The quantitative estimate of drug-likeness (QED) is 0.905. The summed E-state index contributed by atoms with van der Waals surface area (Å²) in [6, 6.07) is 5.55. The Labute approximate surface area is 118 Å². The molecular weight excluding hydrogens is 256 g/mol. The van der Waals surface area contributed by atoms with Crippen LogP contribution in [0.5, 0.6) is 5.75 Å². The van der Waals surface area contributed by atoms with Crippen molar-refractivity contribution in [2.45, 2.75) is 19.8 Å². The number of carbonyl (C=O) groups is 2. The van der Waals surface area contributed by atoms with Crippen LogP contribution in [0.2, 0.25) is 0 Å². The molecule has 0 saturated carbocycles. The van der Waals surface area contributed by atoms with Gasteiger partial charge in [-0.15, -0.1) is 0 Å². The number of likely N-dealkylation sites (tertiary alicyclic amines) is 1. The third kappa shape index (κ3) is 2.92. The lowest BCUT2D eigenvalue weighted by molar-refractivity contribution is -0.123. The molecule has 1 aromatic rings. The molecule has 2 rings (SSSR count). The molecule has 0 unspecified atom stereocenters. The maximum absolute atomic E-state index is 12.5. The van der Waals surface area contributed by atoms with Gasteiger partial charge in [0.15, 0.2) is 0 Å². The molecule has 108 valence electrons. The van der Waals surface area contributed by atoms with Gasteiger partial charge in [0.2, 0.25) is 5.91 Å². The molecule has 1 saturated heterocycles. The van der Waals surface area contributed by atoms with Gasteiger partial charge >= 0.3 is 0 Å². The summed E-state index contributed by atoms with van der Waals surface area (Å²) < 4.78 is 5.25. The highest BCUT2D eigenvalue weighted by Gasteiger charge is 2.27. The van der Waals surface area contributed by atoms with E-state index in [0.29, 0.717) is 37.2 Å². The standard InChI is InChI=1S/C15H20N2O3/c1-10-3-4-13(20-2)12(9-10)15(19)17-7-5-11(6-8-17)14(16)18/h3-4,9,11H,5-8H2,1-2H3,(H2,16,18). The molecule has 5 nitrogen and oxygen atoms in total. The second-order valence-corrected chi connectivity index (χ2v) is 5.17. The van der Waals surface area contributed by atoms with Gasteiger partial charge in [0.05, 0.1) is 12.7 Å². The topological polar surface area (TPSA) is 72.6 Å². The number of nitrogens with zero attached hydrogens (tertiary/aromatic N) is 1. The number of hydrogen-bond acceptors (Lipinski definition) is 3. The lowest BCUT2D eigenvalue weighted by Gasteiger charge is -2.31. The van der Waals surface area contributed by atoms with Crippen LogP contribution in [0.3, 0.4) is 0 Å². The van der Waals surface area contributed by atoms with Gasteiger partial charge in [-0.1, -0.05) is 11.6 Å². The van der Waals surface area contributed by atoms with Crippen molar-refractivity contribution in [3.63, 3.8) is 0 Å². The molecule has 0 aliphatic carbocycles. The Kier molecular flexibility index (Phi) is 4.27. The van der Waals surface area contributed by atoms with Gasteiger partial charge in [0.1, 0.15) is 5.75 Å². The summed E-state index contributed by atoms with van der Waals surface area (Å²) in [5.74, 6) is 0.148. The fourth-order valence-electron chi connectivity index (χ4n) is 2.53. The summed E-state index contributed by atoms with van der Waals surface area (Å²) in [6.07, 6.45) is 1.27. The Hall–Kier alpha value is -2.04. The number of piperidine rings is 1. The maximum atomic E-state index is 12.5. The minimum Gasteiger partial charge on any atom is -0.496 e. The molecule has 5 heteroatoms. The lowest BCUT2D eigenvalue weighted by atomic mass is 9.95. The first-order valence-corrected chi connectivity index (χ1v) is 6.76. The molecule has 1 aliphatic rings. The lowest BCUT2D eigenvalue weighted by Crippen LogP contribution is -2.41. The molecule has 1 aromatic carbocycles. The number of nitrogens with two attached hydrogens (primary N) is 1. The van der Waals surface area contributed by atoms with Crippen LogP contribution < -0.4 is 10.5 Å². The first-order valence-electron chi connectivity index (χ1n) is 6.76. The third-order valence-corrected chi connectivity index (χ3v) is 3.77. The molecule has 0 atom stereocenters. The van der Waals surface area contributed by atoms with Crippen molar-refractivity contribution in [1.29, 1.82) is 0 Å². The zero-order valence-electron chi connectivity index (χ0n) is 11.9. The fourth-order valence-corrected chi connectivity index (χ4v) is 2.53. The van der Waals surface area contributed by atoms with Crippen LogP contribution in [0.4, 0.5) is 0 Å². The van der Waals surface area contributed by atoms with Crippen molar-refractivity contribution in [2.24, 2.45) is 11.7 Å². The summed E-state index contributed by atoms with van der Waals surface area (Å²) >= 11 is 0. The van der Waals surface area contributed by atoms with Crippen molar-refractivity contribution >= 4 is 11.8 Å². The fraction of sp³-hybridized carbons (Fsp3) is 0.467. The molecule has 2 amide bonds. The number of amides is 2. The van der Waals surface area contributed by atoms with E-state index in [-0.39, 0.29) is 17.7 Å². The first kappa shape index (κ1) is 14.4. The van der Waals surface area contributed by atoms with E-state index in [1.807, 2.05) is 19.1 Å². The zero-order chi connectivity index (χ0) is 14.7. The SMILES string of the molecule is COc1ccc(C)cc1C(=O)N1CCC(C(N)=O)CC1. The van der Waals surface area contributed by atoms with Gasteiger partial charge in [-0.25, -0.2) is 0 Å². The van der Waals surface area contributed by atoms with E-state index < -0.39 is 0 Å². The summed E-state index contributed by atoms with van der Waals surface area (Å²) in [4.78, 5) is 25.4. The minimum atomic E-state index is -0.273. The second kappa shape index (κ2) is 5.94. The second-order valence-electron chi connectivity index (χ2n) is 5.17. The highest BCUT2D eigenvalue weighted by Crippen LogP contribution is 2.24. The highest BCUT2D eigenvalue weighted by molar-refractivity contribution is 5.97. The zero-order valence-corrected chi connectivity index (χ0v) is 11.9. The van der Waals surface area contributed by atoms with E-state index in [4.69, 9.17) is 10.5 Å². The van der Waals surface area contributed by atoms with Crippen LogP contribution in [0.1, 0.15) is 28.8 Å². The molecule has 0 spiro atoms. The minimum absolute atomic E-state index is 0.0477. The van der Waals surface area contributed by atoms with Gasteiger partial charge in [-0.3, -0.25) is 9.59 Å². The predicted molar refractivity (Wildman–Crippen MR) is 75.6 cm³/mol. The van der Waals surface area contributed by atoms with Crippen molar-refractivity contribution < 1.29 is 14.3 Å². The van der Waals surface area contributed by atoms with Crippen LogP contribution in [-0.4, -0.2) is 36.9 Å². The van der Waals surface area contributed by atoms with Gasteiger partial charge in [0, 0.05) is 19.0 Å². The average Bonchev–Trinajstić information content (AvgIpc) is 2.46. The van der Waals surface area contributed by atoms with Gasteiger partial charge in [0.25, 0.3) is 5.91 Å². The van der Waals surface area contributed by atoms with Crippen LogP contribution in [-0.2, 0) is 4.79 Å². The smallest absolute Gasteiger partial charge is 0.257 e. The molecule has 20 heavy (non-hydrogen) atoms.